The van der Waals surface area contributed by atoms with Gasteiger partial charge in [-0.15, -0.1) is 0 Å². The molecular formula is C24H31F3N4O. The molecule has 2 aromatic rings. The normalized spacial score (nSPS) is 15.7. The van der Waals surface area contributed by atoms with Gasteiger partial charge in [0.2, 0.25) is 0 Å². The van der Waals surface area contributed by atoms with Crippen LogP contribution in [0.25, 0.3) is 0 Å². The van der Waals surface area contributed by atoms with Crippen molar-refractivity contribution in [1.82, 2.24) is 5.32 Å². The Morgan fingerprint density at radius 3 is 2.41 bits per heavy atom. The van der Waals surface area contributed by atoms with Gasteiger partial charge in [-0.3, -0.25) is 0 Å². The molecule has 8 heteroatoms. The monoisotopic (exact) mass is 448 g/mol. The zero-order valence-electron chi connectivity index (χ0n) is 18.6. The summed E-state index contributed by atoms with van der Waals surface area (Å²) in [6.45, 7) is 8.06. The summed E-state index contributed by atoms with van der Waals surface area (Å²) >= 11 is 0. The number of ether oxygens (including phenoxy) is 1. The van der Waals surface area contributed by atoms with Crippen LogP contribution in [0, 0.1) is 0 Å². The van der Waals surface area contributed by atoms with E-state index in [-0.39, 0.29) is 6.17 Å². The van der Waals surface area contributed by atoms with Crippen molar-refractivity contribution in [3.8, 4) is 11.5 Å². The topological polar surface area (TPSA) is 53.8 Å². The molecule has 0 spiro atoms. The molecule has 3 N–H and O–H groups in total. The molecule has 0 saturated carbocycles. The van der Waals surface area contributed by atoms with Crippen molar-refractivity contribution in [2.45, 2.75) is 38.5 Å². The molecule has 1 heterocycles. The SMILES string of the molecule is C=C(N)CNCC1N(C)c2ccc(Oc3ccc(C(F)(F)F)cc3)cc2N1CCCCC. The van der Waals surface area contributed by atoms with Gasteiger partial charge in [-0.1, -0.05) is 26.3 Å². The highest BCUT2D eigenvalue weighted by Crippen LogP contribution is 2.42. The number of halogens is 3. The smallest absolute Gasteiger partial charge is 0.416 e. The Bertz CT molecular complexity index is 914. The Morgan fingerprint density at radius 1 is 1.09 bits per heavy atom. The van der Waals surface area contributed by atoms with E-state index in [0.29, 0.717) is 30.3 Å². The number of rotatable bonds is 10. The Balaban J connectivity index is 1.79. The van der Waals surface area contributed by atoms with Crippen LogP contribution in [0.1, 0.15) is 31.7 Å². The number of hydrogen-bond acceptors (Lipinski definition) is 5. The summed E-state index contributed by atoms with van der Waals surface area (Å²) in [5.41, 5.74) is 7.72. The van der Waals surface area contributed by atoms with Crippen LogP contribution in [-0.4, -0.2) is 32.8 Å². The summed E-state index contributed by atoms with van der Waals surface area (Å²) in [6, 6.07) is 10.5. The molecular weight excluding hydrogens is 417 g/mol. The summed E-state index contributed by atoms with van der Waals surface area (Å²) in [4.78, 5) is 4.56. The zero-order valence-corrected chi connectivity index (χ0v) is 18.6. The van der Waals surface area contributed by atoms with Crippen molar-refractivity contribution in [3.05, 3.63) is 60.3 Å². The van der Waals surface area contributed by atoms with Gasteiger partial charge in [0, 0.05) is 38.4 Å². The molecule has 2 aromatic carbocycles. The summed E-state index contributed by atoms with van der Waals surface area (Å²) in [5, 5.41) is 3.35. The fourth-order valence-electron chi connectivity index (χ4n) is 3.88. The quantitative estimate of drug-likeness (QED) is 0.481. The third kappa shape index (κ3) is 5.68. The highest BCUT2D eigenvalue weighted by atomic mass is 19.4. The maximum Gasteiger partial charge on any atom is 0.416 e. The van der Waals surface area contributed by atoms with Gasteiger partial charge < -0.3 is 25.6 Å². The van der Waals surface area contributed by atoms with Gasteiger partial charge >= 0.3 is 6.18 Å². The zero-order chi connectivity index (χ0) is 23.3. The van der Waals surface area contributed by atoms with Gasteiger partial charge in [0.05, 0.1) is 16.9 Å². The second-order valence-electron chi connectivity index (χ2n) is 8.06. The molecule has 32 heavy (non-hydrogen) atoms. The van der Waals surface area contributed by atoms with E-state index in [9.17, 15) is 13.2 Å². The Hall–Kier alpha value is -2.87. The van der Waals surface area contributed by atoms with Gasteiger partial charge in [0.15, 0.2) is 0 Å². The van der Waals surface area contributed by atoms with Crippen LogP contribution in [0.5, 0.6) is 11.5 Å². The van der Waals surface area contributed by atoms with Crippen molar-refractivity contribution in [3.63, 3.8) is 0 Å². The van der Waals surface area contributed by atoms with E-state index in [1.54, 1.807) is 0 Å². The molecule has 3 rings (SSSR count). The number of unbranched alkanes of at least 4 members (excludes halogenated alkanes) is 2. The molecule has 0 radical (unpaired) electrons. The van der Waals surface area contributed by atoms with Gasteiger partial charge in [0.25, 0.3) is 0 Å². The van der Waals surface area contributed by atoms with E-state index in [4.69, 9.17) is 10.5 Å². The first-order valence-corrected chi connectivity index (χ1v) is 10.8. The van der Waals surface area contributed by atoms with E-state index < -0.39 is 11.7 Å². The Labute approximate surface area is 187 Å². The lowest BCUT2D eigenvalue weighted by atomic mass is 10.2. The molecule has 1 unspecified atom stereocenters. The lowest BCUT2D eigenvalue weighted by Gasteiger charge is -2.31. The number of nitrogens with two attached hydrogens (primary N) is 1. The molecule has 1 aliphatic rings. The second kappa shape index (κ2) is 10.2. The summed E-state index contributed by atoms with van der Waals surface area (Å²) in [7, 11) is 2.05. The number of benzene rings is 2. The lowest BCUT2D eigenvalue weighted by Crippen LogP contribution is -2.49. The van der Waals surface area contributed by atoms with E-state index in [2.05, 4.69) is 35.7 Å². The third-order valence-electron chi connectivity index (χ3n) is 5.54. The van der Waals surface area contributed by atoms with E-state index >= 15 is 0 Å². The minimum atomic E-state index is -4.37. The van der Waals surface area contributed by atoms with Crippen LogP contribution < -0.4 is 25.6 Å². The minimum absolute atomic E-state index is 0.113. The molecule has 0 fully saturated rings. The van der Waals surface area contributed by atoms with Crippen LogP contribution in [-0.2, 0) is 6.18 Å². The maximum atomic E-state index is 12.8. The predicted molar refractivity (Wildman–Crippen MR) is 123 cm³/mol. The molecule has 0 aliphatic carbocycles. The molecule has 5 nitrogen and oxygen atoms in total. The standard InChI is InChI=1S/C24H31F3N4O/c1-4-5-6-13-31-22-14-20(32-19-9-7-18(8-10-19)24(25,26)27)11-12-21(22)30(3)23(31)16-29-15-17(2)28/h7-12,14,23,29H,2,4-6,13,15-16,28H2,1,3H3. The number of likely N-dealkylation sites (N-methyl/N-ethyl adjacent to an activating group) is 1. The fourth-order valence-corrected chi connectivity index (χ4v) is 3.88. The average molecular weight is 449 g/mol. The molecule has 0 aromatic heterocycles. The lowest BCUT2D eigenvalue weighted by molar-refractivity contribution is -0.137. The van der Waals surface area contributed by atoms with Crippen LogP contribution in [0.2, 0.25) is 0 Å². The van der Waals surface area contributed by atoms with Crippen LogP contribution in [0.4, 0.5) is 24.5 Å². The van der Waals surface area contributed by atoms with Gasteiger partial charge in [-0.2, -0.15) is 13.2 Å². The third-order valence-corrected chi connectivity index (χ3v) is 5.54. The van der Waals surface area contributed by atoms with E-state index in [1.165, 1.54) is 12.1 Å². The van der Waals surface area contributed by atoms with Crippen molar-refractivity contribution < 1.29 is 17.9 Å². The first-order chi connectivity index (χ1) is 15.2. The summed E-state index contributed by atoms with van der Waals surface area (Å²) in [6.07, 6.45) is -0.925. The molecule has 1 aliphatic heterocycles. The number of nitrogens with one attached hydrogen (secondary N) is 1. The molecule has 174 valence electrons. The van der Waals surface area contributed by atoms with Gasteiger partial charge in [0.1, 0.15) is 17.7 Å². The van der Waals surface area contributed by atoms with Crippen molar-refractivity contribution in [1.29, 1.82) is 0 Å². The van der Waals surface area contributed by atoms with Crippen LogP contribution in [0.3, 0.4) is 0 Å². The number of nitrogens with zero attached hydrogens (tertiary/aromatic N) is 2. The van der Waals surface area contributed by atoms with Crippen molar-refractivity contribution in [2.24, 2.45) is 5.73 Å². The summed E-state index contributed by atoms with van der Waals surface area (Å²) in [5.74, 6) is 0.947. The molecule has 0 amide bonds. The second-order valence-corrected chi connectivity index (χ2v) is 8.06. The Kier molecular flexibility index (Phi) is 7.56. The number of fused-ring (bicyclic) bond motifs is 1. The predicted octanol–water partition coefficient (Wildman–Crippen LogP) is 5.33. The van der Waals surface area contributed by atoms with Gasteiger partial charge in [-0.25, -0.2) is 0 Å². The number of hydrogen-bond donors (Lipinski definition) is 2. The van der Waals surface area contributed by atoms with E-state index in [0.717, 1.165) is 49.3 Å². The van der Waals surface area contributed by atoms with Crippen LogP contribution >= 0.6 is 0 Å². The number of anilines is 2. The van der Waals surface area contributed by atoms with Crippen molar-refractivity contribution >= 4 is 11.4 Å². The van der Waals surface area contributed by atoms with E-state index in [1.807, 2.05) is 18.2 Å². The van der Waals surface area contributed by atoms with Crippen molar-refractivity contribution in [2.75, 3.05) is 36.5 Å². The highest BCUT2D eigenvalue weighted by Gasteiger charge is 2.33. The summed E-state index contributed by atoms with van der Waals surface area (Å²) < 4.78 is 44.3. The molecule has 1 atom stereocenters. The first-order valence-electron chi connectivity index (χ1n) is 10.8. The minimum Gasteiger partial charge on any atom is -0.457 e. The largest absolute Gasteiger partial charge is 0.457 e. The molecule has 0 saturated heterocycles. The first kappa shape index (κ1) is 23.8. The van der Waals surface area contributed by atoms with Gasteiger partial charge in [-0.05, 0) is 42.8 Å². The highest BCUT2D eigenvalue weighted by molar-refractivity contribution is 5.79. The van der Waals surface area contributed by atoms with Crippen LogP contribution in [0.15, 0.2) is 54.7 Å². The molecule has 0 bridgehead atoms. The average Bonchev–Trinajstić information content (AvgIpc) is 2.99. The Morgan fingerprint density at radius 2 is 1.78 bits per heavy atom. The number of alkyl halides is 3. The fraction of sp³-hybridized carbons (Fsp3) is 0.417. The maximum absolute atomic E-state index is 12.8.